The monoisotopic (exact) mass is 120 g/mol. The molecule has 0 spiro atoms. The zero-order chi connectivity index (χ0) is 5.28. The van der Waals surface area contributed by atoms with Crippen molar-refractivity contribution in [2.75, 3.05) is 25.7 Å². The molecule has 0 aliphatic carbocycles. The maximum Gasteiger partial charge on any atom is 0.0591 e. The standard InChI is InChI=1S/C5H12OS/c1-7(2)5-3-6-4-5/h5,7H,3-4H2,1-2H3. The molecule has 1 aliphatic rings. The van der Waals surface area contributed by atoms with Crippen LogP contribution in [0.2, 0.25) is 0 Å². The molecule has 1 heterocycles. The van der Waals surface area contributed by atoms with E-state index >= 15 is 0 Å². The Bertz CT molecular complexity index is 59.1. The van der Waals surface area contributed by atoms with Crippen LogP contribution in [0.3, 0.4) is 0 Å². The van der Waals surface area contributed by atoms with Crippen molar-refractivity contribution >= 4 is 10.9 Å². The van der Waals surface area contributed by atoms with Gasteiger partial charge in [0.05, 0.1) is 13.2 Å². The van der Waals surface area contributed by atoms with Gasteiger partial charge in [-0.1, -0.05) is 0 Å². The molecule has 0 N–H and O–H groups in total. The molecule has 1 aliphatic heterocycles. The van der Waals surface area contributed by atoms with Gasteiger partial charge in [0.25, 0.3) is 0 Å². The van der Waals surface area contributed by atoms with Crippen molar-refractivity contribution in [2.24, 2.45) is 0 Å². The summed E-state index contributed by atoms with van der Waals surface area (Å²) in [7, 11) is 0.300. The van der Waals surface area contributed by atoms with Gasteiger partial charge in [0.2, 0.25) is 0 Å². The molecule has 0 amide bonds. The number of thiol groups is 1. The molecule has 0 saturated carbocycles. The van der Waals surface area contributed by atoms with Crippen molar-refractivity contribution in [3.05, 3.63) is 0 Å². The van der Waals surface area contributed by atoms with Crippen LogP contribution in [0.15, 0.2) is 0 Å². The molecule has 0 bridgehead atoms. The smallest absolute Gasteiger partial charge is 0.0591 e. The highest BCUT2D eigenvalue weighted by molar-refractivity contribution is 8.16. The average Bonchev–Trinajstić information content (AvgIpc) is 1.23. The minimum atomic E-state index is 0.300. The minimum Gasteiger partial charge on any atom is -0.379 e. The Morgan fingerprint density at radius 2 is 2.00 bits per heavy atom. The van der Waals surface area contributed by atoms with Crippen LogP contribution in [0.5, 0.6) is 0 Å². The number of rotatable bonds is 1. The van der Waals surface area contributed by atoms with Gasteiger partial charge in [-0.3, -0.25) is 10.9 Å². The number of hydrogen-bond donors (Lipinski definition) is 1. The lowest BCUT2D eigenvalue weighted by Crippen LogP contribution is -2.32. The molecule has 1 fully saturated rings. The summed E-state index contributed by atoms with van der Waals surface area (Å²) in [5, 5.41) is 0.926. The summed E-state index contributed by atoms with van der Waals surface area (Å²) in [5.74, 6) is 0. The van der Waals surface area contributed by atoms with E-state index in [1.165, 1.54) is 0 Å². The summed E-state index contributed by atoms with van der Waals surface area (Å²) in [5.41, 5.74) is 0. The van der Waals surface area contributed by atoms with Crippen LogP contribution < -0.4 is 0 Å². The van der Waals surface area contributed by atoms with Gasteiger partial charge in [-0.05, 0) is 12.5 Å². The lowest BCUT2D eigenvalue weighted by Gasteiger charge is -2.31. The third-order valence-corrected chi connectivity index (χ3v) is 3.11. The predicted molar refractivity (Wildman–Crippen MR) is 35.4 cm³/mol. The minimum absolute atomic E-state index is 0.300. The van der Waals surface area contributed by atoms with E-state index in [4.69, 9.17) is 4.74 Å². The van der Waals surface area contributed by atoms with E-state index in [0.29, 0.717) is 10.9 Å². The molecule has 0 aromatic carbocycles. The highest BCUT2D eigenvalue weighted by Crippen LogP contribution is 2.27. The van der Waals surface area contributed by atoms with Crippen molar-refractivity contribution in [1.82, 2.24) is 0 Å². The zero-order valence-electron chi connectivity index (χ0n) is 4.85. The molecule has 2 heteroatoms. The van der Waals surface area contributed by atoms with Gasteiger partial charge in [0, 0.05) is 5.25 Å². The number of ether oxygens (including phenoxy) is 1. The third kappa shape index (κ3) is 1.10. The highest BCUT2D eigenvalue weighted by atomic mass is 32.2. The molecular formula is C5H12OS. The summed E-state index contributed by atoms with van der Waals surface area (Å²) in [6.45, 7) is 2.05. The summed E-state index contributed by atoms with van der Waals surface area (Å²) < 4.78 is 5.01. The van der Waals surface area contributed by atoms with Crippen LogP contribution in [0.4, 0.5) is 0 Å². The summed E-state index contributed by atoms with van der Waals surface area (Å²) in [6.07, 6.45) is 4.62. The molecule has 7 heavy (non-hydrogen) atoms. The fourth-order valence-corrected chi connectivity index (χ4v) is 1.33. The molecule has 0 aromatic heterocycles. The van der Waals surface area contributed by atoms with Gasteiger partial charge in [-0.15, -0.1) is 0 Å². The van der Waals surface area contributed by atoms with E-state index in [1.54, 1.807) is 0 Å². The Labute approximate surface area is 47.4 Å². The van der Waals surface area contributed by atoms with Crippen molar-refractivity contribution in [3.63, 3.8) is 0 Å². The van der Waals surface area contributed by atoms with E-state index in [2.05, 4.69) is 12.5 Å². The van der Waals surface area contributed by atoms with Gasteiger partial charge >= 0.3 is 0 Å². The molecule has 0 radical (unpaired) electrons. The Hall–Kier alpha value is 0.310. The van der Waals surface area contributed by atoms with Gasteiger partial charge < -0.3 is 4.74 Å². The van der Waals surface area contributed by atoms with Crippen molar-refractivity contribution in [2.45, 2.75) is 5.25 Å². The van der Waals surface area contributed by atoms with E-state index in [1.807, 2.05) is 0 Å². The van der Waals surface area contributed by atoms with E-state index in [-0.39, 0.29) is 0 Å². The van der Waals surface area contributed by atoms with Crippen molar-refractivity contribution in [3.8, 4) is 0 Å². The topological polar surface area (TPSA) is 9.23 Å². The highest BCUT2D eigenvalue weighted by Gasteiger charge is 2.18. The van der Waals surface area contributed by atoms with Gasteiger partial charge in [-0.2, -0.15) is 0 Å². The Morgan fingerprint density at radius 1 is 1.43 bits per heavy atom. The molecule has 1 rings (SSSR count). The molecule has 1 nitrogen and oxygen atoms in total. The van der Waals surface area contributed by atoms with Crippen LogP contribution in [0, 0.1) is 0 Å². The number of hydrogen-bond acceptors (Lipinski definition) is 1. The third-order valence-electron chi connectivity index (χ3n) is 1.35. The van der Waals surface area contributed by atoms with Crippen LogP contribution in [0.1, 0.15) is 0 Å². The first-order valence-electron chi connectivity index (χ1n) is 2.55. The second kappa shape index (κ2) is 2.05. The maximum absolute atomic E-state index is 5.01. The van der Waals surface area contributed by atoms with Gasteiger partial charge in [0.1, 0.15) is 0 Å². The Balaban J connectivity index is 2.14. The first-order valence-corrected chi connectivity index (χ1v) is 4.85. The maximum atomic E-state index is 5.01. The van der Waals surface area contributed by atoms with Gasteiger partial charge in [-0.25, -0.2) is 0 Å². The average molecular weight is 120 g/mol. The zero-order valence-corrected chi connectivity index (χ0v) is 5.74. The van der Waals surface area contributed by atoms with Crippen LogP contribution >= 0.6 is 10.9 Å². The Morgan fingerprint density at radius 3 is 2.00 bits per heavy atom. The lowest BCUT2D eigenvalue weighted by atomic mass is 10.4. The first-order chi connectivity index (χ1) is 3.30. The summed E-state index contributed by atoms with van der Waals surface area (Å²) >= 11 is 0. The lowest BCUT2D eigenvalue weighted by molar-refractivity contribution is 0.0449. The quantitative estimate of drug-likeness (QED) is 0.500. The largest absolute Gasteiger partial charge is 0.379 e. The molecule has 0 aromatic rings. The van der Waals surface area contributed by atoms with E-state index in [9.17, 15) is 0 Å². The van der Waals surface area contributed by atoms with Gasteiger partial charge in [0.15, 0.2) is 0 Å². The SMILES string of the molecule is C[SH](C)C1COC1. The fourth-order valence-electron chi connectivity index (χ4n) is 0.521. The molecule has 0 unspecified atom stereocenters. The van der Waals surface area contributed by atoms with E-state index < -0.39 is 0 Å². The van der Waals surface area contributed by atoms with Crippen LogP contribution in [0.25, 0.3) is 0 Å². The van der Waals surface area contributed by atoms with Crippen molar-refractivity contribution in [1.29, 1.82) is 0 Å². The van der Waals surface area contributed by atoms with Crippen LogP contribution in [-0.4, -0.2) is 31.0 Å². The second-order valence-corrected chi connectivity index (χ2v) is 4.81. The van der Waals surface area contributed by atoms with E-state index in [0.717, 1.165) is 18.5 Å². The first kappa shape index (κ1) is 5.45. The fraction of sp³-hybridized carbons (Fsp3) is 1.00. The summed E-state index contributed by atoms with van der Waals surface area (Å²) in [4.78, 5) is 0. The molecule has 0 atom stereocenters. The summed E-state index contributed by atoms with van der Waals surface area (Å²) in [6, 6.07) is 0. The molecule has 1 saturated heterocycles. The van der Waals surface area contributed by atoms with Crippen molar-refractivity contribution < 1.29 is 4.74 Å². The second-order valence-electron chi connectivity index (χ2n) is 2.15. The predicted octanol–water partition coefficient (Wildman–Crippen LogP) is 0.646. The Kier molecular flexibility index (Phi) is 1.60. The van der Waals surface area contributed by atoms with Crippen LogP contribution in [-0.2, 0) is 4.74 Å². The molecular weight excluding hydrogens is 108 g/mol. The molecule has 44 valence electrons. The normalized spacial score (nSPS) is 24.0.